The van der Waals surface area contributed by atoms with Crippen molar-refractivity contribution in [1.82, 2.24) is 25.0 Å². The lowest BCUT2D eigenvalue weighted by Crippen LogP contribution is -2.11. The molecule has 0 radical (unpaired) electrons. The smallest absolute Gasteiger partial charge is 0.183 e. The van der Waals surface area contributed by atoms with Gasteiger partial charge in [0.05, 0.1) is 0 Å². The van der Waals surface area contributed by atoms with Crippen molar-refractivity contribution in [3.8, 4) is 0 Å². The third-order valence-electron chi connectivity index (χ3n) is 3.17. The Morgan fingerprint density at radius 1 is 1.39 bits per heavy atom. The first-order valence-electron chi connectivity index (χ1n) is 6.55. The molecule has 1 N–H and O–H groups in total. The van der Waals surface area contributed by atoms with Gasteiger partial charge in [-0.15, -0.1) is 5.10 Å². The predicted octanol–water partition coefficient (Wildman–Crippen LogP) is 1.84. The van der Waals surface area contributed by atoms with Crippen molar-refractivity contribution >= 4 is 17.0 Å². The molecule has 1 aliphatic carbocycles. The van der Waals surface area contributed by atoms with Crippen LogP contribution in [0.3, 0.4) is 0 Å². The van der Waals surface area contributed by atoms with Crippen molar-refractivity contribution in [2.75, 3.05) is 5.32 Å². The normalized spacial score (nSPS) is 15.5. The SMILES string of the molecule is CC(C)Nc1ncnc2c1nnn2CCC1CC1. The number of nitrogens with zero attached hydrogens (tertiary/aromatic N) is 5. The number of hydrogen-bond donors (Lipinski definition) is 1. The van der Waals surface area contributed by atoms with E-state index in [1.807, 2.05) is 4.68 Å². The highest BCUT2D eigenvalue weighted by Gasteiger charge is 2.21. The van der Waals surface area contributed by atoms with Crippen LogP contribution >= 0.6 is 0 Å². The fraction of sp³-hybridized carbons (Fsp3) is 0.667. The number of hydrogen-bond acceptors (Lipinski definition) is 5. The molecule has 0 spiro atoms. The summed E-state index contributed by atoms with van der Waals surface area (Å²) >= 11 is 0. The Balaban J connectivity index is 1.87. The molecule has 1 aliphatic rings. The second-order valence-corrected chi connectivity index (χ2v) is 5.24. The minimum atomic E-state index is 0.319. The maximum absolute atomic E-state index is 4.29. The lowest BCUT2D eigenvalue weighted by molar-refractivity contribution is 0.541. The van der Waals surface area contributed by atoms with Crippen LogP contribution in [0.4, 0.5) is 5.82 Å². The quantitative estimate of drug-likeness (QED) is 0.871. The largest absolute Gasteiger partial charge is 0.366 e. The summed E-state index contributed by atoms with van der Waals surface area (Å²) in [6.45, 7) is 5.05. The molecule has 1 fully saturated rings. The van der Waals surface area contributed by atoms with E-state index >= 15 is 0 Å². The Bertz CT molecular complexity index is 542. The van der Waals surface area contributed by atoms with E-state index in [1.54, 1.807) is 6.33 Å². The van der Waals surface area contributed by atoms with E-state index in [4.69, 9.17) is 0 Å². The maximum Gasteiger partial charge on any atom is 0.183 e. The summed E-state index contributed by atoms with van der Waals surface area (Å²) in [4.78, 5) is 8.52. The lowest BCUT2D eigenvalue weighted by Gasteiger charge is -2.08. The average Bonchev–Trinajstić information content (AvgIpc) is 3.07. The molecule has 2 aromatic heterocycles. The van der Waals surface area contributed by atoms with Crippen molar-refractivity contribution in [1.29, 1.82) is 0 Å². The van der Waals surface area contributed by atoms with Gasteiger partial charge >= 0.3 is 0 Å². The molecular formula is C12H18N6. The van der Waals surface area contributed by atoms with E-state index in [1.165, 1.54) is 19.3 Å². The molecule has 0 saturated heterocycles. The van der Waals surface area contributed by atoms with E-state index in [0.717, 1.165) is 29.4 Å². The van der Waals surface area contributed by atoms with Crippen LogP contribution < -0.4 is 5.32 Å². The van der Waals surface area contributed by atoms with Crippen molar-refractivity contribution in [3.05, 3.63) is 6.33 Å². The Kier molecular flexibility index (Phi) is 2.85. The van der Waals surface area contributed by atoms with Crippen LogP contribution in [0.1, 0.15) is 33.1 Å². The zero-order chi connectivity index (χ0) is 12.5. The minimum absolute atomic E-state index is 0.319. The number of nitrogens with one attached hydrogen (secondary N) is 1. The van der Waals surface area contributed by atoms with E-state index < -0.39 is 0 Å². The summed E-state index contributed by atoms with van der Waals surface area (Å²) in [5, 5.41) is 11.7. The molecule has 18 heavy (non-hydrogen) atoms. The van der Waals surface area contributed by atoms with Gasteiger partial charge in [-0.1, -0.05) is 18.1 Å². The molecule has 6 heteroatoms. The molecule has 0 amide bonds. The summed E-state index contributed by atoms with van der Waals surface area (Å²) in [6, 6.07) is 0.319. The summed E-state index contributed by atoms with van der Waals surface area (Å²) in [7, 11) is 0. The van der Waals surface area contributed by atoms with E-state index in [0.29, 0.717) is 6.04 Å². The predicted molar refractivity (Wildman–Crippen MR) is 69.2 cm³/mol. The monoisotopic (exact) mass is 246 g/mol. The number of rotatable bonds is 5. The Morgan fingerprint density at radius 2 is 2.22 bits per heavy atom. The molecule has 96 valence electrons. The second-order valence-electron chi connectivity index (χ2n) is 5.24. The Labute approximate surface area is 106 Å². The van der Waals surface area contributed by atoms with Crippen LogP contribution in [-0.4, -0.2) is 31.0 Å². The number of aromatic nitrogens is 5. The molecule has 2 heterocycles. The number of anilines is 1. The van der Waals surface area contributed by atoms with Gasteiger partial charge in [0.1, 0.15) is 6.33 Å². The topological polar surface area (TPSA) is 68.5 Å². The molecule has 1 saturated carbocycles. The molecule has 2 aromatic rings. The molecule has 0 unspecified atom stereocenters. The molecule has 0 aromatic carbocycles. The first kappa shape index (κ1) is 11.4. The summed E-state index contributed by atoms with van der Waals surface area (Å²) < 4.78 is 1.89. The van der Waals surface area contributed by atoms with Gasteiger partial charge < -0.3 is 5.32 Å². The van der Waals surface area contributed by atoms with Gasteiger partial charge in [-0.25, -0.2) is 14.6 Å². The Hall–Kier alpha value is -1.72. The second kappa shape index (κ2) is 4.51. The summed E-state index contributed by atoms with van der Waals surface area (Å²) in [6.07, 6.45) is 5.48. The fourth-order valence-corrected chi connectivity index (χ4v) is 2.03. The van der Waals surface area contributed by atoms with Crippen molar-refractivity contribution in [2.45, 2.75) is 45.7 Å². The summed E-state index contributed by atoms with van der Waals surface area (Å²) in [5.41, 5.74) is 1.59. The third kappa shape index (κ3) is 2.27. The molecule has 3 rings (SSSR count). The van der Waals surface area contributed by atoms with Gasteiger partial charge in [0.15, 0.2) is 17.0 Å². The maximum atomic E-state index is 4.29. The van der Waals surface area contributed by atoms with Crippen molar-refractivity contribution < 1.29 is 0 Å². The van der Waals surface area contributed by atoms with Crippen LogP contribution in [0.2, 0.25) is 0 Å². The highest BCUT2D eigenvalue weighted by molar-refractivity contribution is 5.81. The summed E-state index contributed by atoms with van der Waals surface area (Å²) in [5.74, 6) is 1.66. The minimum Gasteiger partial charge on any atom is -0.366 e. The van der Waals surface area contributed by atoms with E-state index in [2.05, 4.69) is 39.4 Å². The van der Waals surface area contributed by atoms with Crippen LogP contribution in [0, 0.1) is 5.92 Å². The lowest BCUT2D eigenvalue weighted by atomic mass is 10.3. The van der Waals surface area contributed by atoms with E-state index in [9.17, 15) is 0 Å². The fourth-order valence-electron chi connectivity index (χ4n) is 2.03. The van der Waals surface area contributed by atoms with Crippen LogP contribution in [0.25, 0.3) is 11.2 Å². The van der Waals surface area contributed by atoms with Crippen LogP contribution in [-0.2, 0) is 6.54 Å². The van der Waals surface area contributed by atoms with Gasteiger partial charge in [-0.3, -0.25) is 0 Å². The molecule has 0 atom stereocenters. The van der Waals surface area contributed by atoms with Crippen LogP contribution in [0.15, 0.2) is 6.33 Å². The highest BCUT2D eigenvalue weighted by Crippen LogP contribution is 2.32. The van der Waals surface area contributed by atoms with Gasteiger partial charge in [-0.2, -0.15) is 0 Å². The first-order valence-corrected chi connectivity index (χ1v) is 6.55. The third-order valence-corrected chi connectivity index (χ3v) is 3.17. The molecule has 0 bridgehead atoms. The van der Waals surface area contributed by atoms with Crippen molar-refractivity contribution in [2.24, 2.45) is 5.92 Å². The number of fused-ring (bicyclic) bond motifs is 1. The van der Waals surface area contributed by atoms with Gasteiger partial charge in [0, 0.05) is 12.6 Å². The number of aryl methyl sites for hydroxylation is 1. The van der Waals surface area contributed by atoms with Crippen molar-refractivity contribution in [3.63, 3.8) is 0 Å². The van der Waals surface area contributed by atoms with Gasteiger partial charge in [0.25, 0.3) is 0 Å². The standard InChI is InChI=1S/C12H18N6/c1-8(2)15-11-10-12(14-7-13-11)18(17-16-10)6-5-9-3-4-9/h7-9H,3-6H2,1-2H3,(H,13,14,15). The van der Waals surface area contributed by atoms with E-state index in [-0.39, 0.29) is 0 Å². The molecule has 0 aliphatic heterocycles. The highest BCUT2D eigenvalue weighted by atomic mass is 15.4. The van der Waals surface area contributed by atoms with Gasteiger partial charge in [0.2, 0.25) is 0 Å². The zero-order valence-corrected chi connectivity index (χ0v) is 10.8. The first-order chi connectivity index (χ1) is 8.74. The van der Waals surface area contributed by atoms with Gasteiger partial charge in [-0.05, 0) is 26.2 Å². The molecule has 6 nitrogen and oxygen atoms in total. The zero-order valence-electron chi connectivity index (χ0n) is 10.8. The molecular weight excluding hydrogens is 228 g/mol. The Morgan fingerprint density at radius 3 is 2.94 bits per heavy atom. The average molecular weight is 246 g/mol. The van der Waals surface area contributed by atoms with Crippen LogP contribution in [0.5, 0.6) is 0 Å².